The molecule has 72 valence electrons. The monoisotopic (exact) mass is 213 g/mol. The van der Waals surface area contributed by atoms with Gasteiger partial charge in [-0.3, -0.25) is 0 Å². The molecule has 1 aliphatic heterocycles. The van der Waals surface area contributed by atoms with Crippen molar-refractivity contribution in [1.82, 2.24) is 0 Å². The van der Waals surface area contributed by atoms with Crippen LogP contribution in [0.5, 0.6) is 0 Å². The van der Waals surface area contributed by atoms with Crippen LogP contribution in [0.2, 0.25) is 0 Å². The third kappa shape index (κ3) is 2.48. The standard InChI is InChI=1S/C10H15NS2/c11-10-7-13-6-9(10)2-1-8-3-4-12-5-8/h3-5,9-10H,1-2,6-7,11H2. The van der Waals surface area contributed by atoms with E-state index in [2.05, 4.69) is 16.8 Å². The molecule has 1 fully saturated rings. The second-order valence-electron chi connectivity index (χ2n) is 3.63. The summed E-state index contributed by atoms with van der Waals surface area (Å²) in [5.41, 5.74) is 7.48. The van der Waals surface area contributed by atoms with Gasteiger partial charge in [0.1, 0.15) is 0 Å². The average molecular weight is 213 g/mol. The van der Waals surface area contributed by atoms with Crippen molar-refractivity contribution in [3.63, 3.8) is 0 Å². The number of hydrogen-bond acceptors (Lipinski definition) is 3. The minimum absolute atomic E-state index is 0.448. The minimum Gasteiger partial charge on any atom is -0.327 e. The highest BCUT2D eigenvalue weighted by molar-refractivity contribution is 7.99. The zero-order valence-corrected chi connectivity index (χ0v) is 9.24. The molecule has 2 N–H and O–H groups in total. The quantitative estimate of drug-likeness (QED) is 0.834. The molecule has 0 aromatic carbocycles. The summed E-state index contributed by atoms with van der Waals surface area (Å²) in [6.45, 7) is 0. The van der Waals surface area contributed by atoms with Crippen LogP contribution in [-0.2, 0) is 6.42 Å². The van der Waals surface area contributed by atoms with Gasteiger partial charge in [0.05, 0.1) is 0 Å². The summed E-state index contributed by atoms with van der Waals surface area (Å²) in [5.74, 6) is 3.18. The molecule has 0 spiro atoms. The van der Waals surface area contributed by atoms with E-state index in [0.717, 1.165) is 11.7 Å². The molecule has 13 heavy (non-hydrogen) atoms. The Balaban J connectivity index is 1.79. The van der Waals surface area contributed by atoms with Crippen molar-refractivity contribution < 1.29 is 0 Å². The highest BCUT2D eigenvalue weighted by Gasteiger charge is 2.23. The topological polar surface area (TPSA) is 26.0 Å². The Labute approximate surface area is 87.7 Å². The number of nitrogens with two attached hydrogens (primary N) is 1. The molecule has 0 radical (unpaired) electrons. The normalized spacial score (nSPS) is 28.1. The van der Waals surface area contributed by atoms with Crippen molar-refractivity contribution in [1.29, 1.82) is 0 Å². The van der Waals surface area contributed by atoms with Crippen molar-refractivity contribution in [3.05, 3.63) is 22.4 Å². The van der Waals surface area contributed by atoms with Gasteiger partial charge in [-0.2, -0.15) is 23.1 Å². The lowest BCUT2D eigenvalue weighted by molar-refractivity contribution is 0.481. The van der Waals surface area contributed by atoms with Gasteiger partial charge in [-0.1, -0.05) is 0 Å². The molecular weight excluding hydrogens is 198 g/mol. The predicted molar refractivity (Wildman–Crippen MR) is 61.4 cm³/mol. The van der Waals surface area contributed by atoms with Gasteiger partial charge in [-0.05, 0) is 46.9 Å². The van der Waals surface area contributed by atoms with Crippen molar-refractivity contribution in [2.45, 2.75) is 18.9 Å². The Kier molecular flexibility index (Phi) is 3.30. The zero-order chi connectivity index (χ0) is 9.10. The molecule has 1 nitrogen and oxygen atoms in total. The summed E-state index contributed by atoms with van der Waals surface area (Å²) in [6, 6.07) is 2.67. The van der Waals surface area contributed by atoms with E-state index >= 15 is 0 Å². The smallest absolute Gasteiger partial charge is 0.0166 e. The second kappa shape index (κ2) is 4.49. The van der Waals surface area contributed by atoms with E-state index in [-0.39, 0.29) is 0 Å². The van der Waals surface area contributed by atoms with Crippen LogP contribution in [0, 0.1) is 5.92 Å². The largest absolute Gasteiger partial charge is 0.327 e. The van der Waals surface area contributed by atoms with Gasteiger partial charge in [0.25, 0.3) is 0 Å². The maximum absolute atomic E-state index is 6.00. The van der Waals surface area contributed by atoms with Crippen LogP contribution >= 0.6 is 23.1 Å². The van der Waals surface area contributed by atoms with E-state index < -0.39 is 0 Å². The Morgan fingerprint density at radius 3 is 3.00 bits per heavy atom. The molecule has 0 bridgehead atoms. The van der Waals surface area contributed by atoms with E-state index in [4.69, 9.17) is 5.73 Å². The maximum atomic E-state index is 6.00. The Bertz CT molecular complexity index is 245. The number of rotatable bonds is 3. The first-order valence-electron chi connectivity index (χ1n) is 4.70. The number of aryl methyl sites for hydroxylation is 1. The van der Waals surface area contributed by atoms with Crippen LogP contribution < -0.4 is 5.73 Å². The first kappa shape index (κ1) is 9.56. The highest BCUT2D eigenvalue weighted by Crippen LogP contribution is 2.26. The Hall–Kier alpha value is 0.01000. The summed E-state index contributed by atoms with van der Waals surface area (Å²) in [4.78, 5) is 0. The maximum Gasteiger partial charge on any atom is 0.0166 e. The van der Waals surface area contributed by atoms with Gasteiger partial charge in [0.2, 0.25) is 0 Å². The van der Waals surface area contributed by atoms with E-state index in [9.17, 15) is 0 Å². The van der Waals surface area contributed by atoms with Gasteiger partial charge in [-0.25, -0.2) is 0 Å². The predicted octanol–water partition coefficient (Wildman–Crippen LogP) is 2.37. The number of thioether (sulfide) groups is 1. The fourth-order valence-corrected chi connectivity index (χ4v) is 3.80. The van der Waals surface area contributed by atoms with E-state index in [0.29, 0.717) is 6.04 Å². The molecule has 2 rings (SSSR count). The molecule has 2 heterocycles. The summed E-state index contributed by atoms with van der Waals surface area (Å²) in [5, 5.41) is 4.40. The number of thiophene rings is 1. The molecule has 1 aromatic rings. The summed E-state index contributed by atoms with van der Waals surface area (Å²) >= 11 is 3.79. The van der Waals surface area contributed by atoms with Gasteiger partial charge >= 0.3 is 0 Å². The highest BCUT2D eigenvalue weighted by atomic mass is 32.2. The molecule has 1 aromatic heterocycles. The van der Waals surface area contributed by atoms with Crippen LogP contribution in [-0.4, -0.2) is 17.5 Å². The van der Waals surface area contributed by atoms with Crippen molar-refractivity contribution in [2.24, 2.45) is 11.7 Å². The second-order valence-corrected chi connectivity index (χ2v) is 5.49. The van der Waals surface area contributed by atoms with Crippen LogP contribution in [0.1, 0.15) is 12.0 Å². The van der Waals surface area contributed by atoms with Gasteiger partial charge in [0.15, 0.2) is 0 Å². The summed E-state index contributed by atoms with van der Waals surface area (Å²) in [7, 11) is 0. The molecule has 3 heteroatoms. The van der Waals surface area contributed by atoms with Gasteiger partial charge in [-0.15, -0.1) is 0 Å². The Morgan fingerprint density at radius 1 is 1.46 bits per heavy atom. The lowest BCUT2D eigenvalue weighted by atomic mass is 9.97. The first-order chi connectivity index (χ1) is 6.36. The molecule has 1 saturated heterocycles. The minimum atomic E-state index is 0.448. The van der Waals surface area contributed by atoms with E-state index in [1.165, 1.54) is 24.2 Å². The van der Waals surface area contributed by atoms with Crippen molar-refractivity contribution >= 4 is 23.1 Å². The molecule has 1 aliphatic rings. The first-order valence-corrected chi connectivity index (χ1v) is 6.80. The summed E-state index contributed by atoms with van der Waals surface area (Å²) in [6.07, 6.45) is 2.48. The summed E-state index contributed by atoms with van der Waals surface area (Å²) < 4.78 is 0. The molecule has 2 unspecified atom stereocenters. The van der Waals surface area contributed by atoms with Crippen LogP contribution in [0.4, 0.5) is 0 Å². The van der Waals surface area contributed by atoms with Crippen molar-refractivity contribution in [2.75, 3.05) is 11.5 Å². The fourth-order valence-electron chi connectivity index (χ4n) is 1.70. The van der Waals surface area contributed by atoms with Crippen LogP contribution in [0.25, 0.3) is 0 Å². The van der Waals surface area contributed by atoms with E-state index in [1.54, 1.807) is 11.3 Å². The van der Waals surface area contributed by atoms with Gasteiger partial charge in [0, 0.05) is 11.8 Å². The molecule has 2 atom stereocenters. The fraction of sp³-hybridized carbons (Fsp3) is 0.600. The lowest BCUT2D eigenvalue weighted by Gasteiger charge is -2.12. The Morgan fingerprint density at radius 2 is 2.38 bits per heavy atom. The average Bonchev–Trinajstić information content (AvgIpc) is 2.72. The zero-order valence-electron chi connectivity index (χ0n) is 7.61. The SMILES string of the molecule is NC1CSCC1CCc1ccsc1. The third-order valence-corrected chi connectivity index (χ3v) is 4.65. The van der Waals surface area contributed by atoms with Crippen LogP contribution in [0.15, 0.2) is 16.8 Å². The lowest BCUT2D eigenvalue weighted by Crippen LogP contribution is -2.28. The molecule has 0 saturated carbocycles. The molecule has 0 aliphatic carbocycles. The van der Waals surface area contributed by atoms with E-state index in [1.807, 2.05) is 11.8 Å². The third-order valence-electron chi connectivity index (χ3n) is 2.63. The van der Waals surface area contributed by atoms with Crippen molar-refractivity contribution in [3.8, 4) is 0 Å². The number of hydrogen-bond donors (Lipinski definition) is 1. The molecular formula is C10H15NS2. The van der Waals surface area contributed by atoms with Gasteiger partial charge < -0.3 is 5.73 Å². The van der Waals surface area contributed by atoms with Crippen LogP contribution in [0.3, 0.4) is 0 Å². The molecule has 0 amide bonds.